The molecule has 2 rings (SSSR count). The third kappa shape index (κ3) is 4.35. The maximum absolute atomic E-state index is 12.0. The molecule has 2 aromatic rings. The van der Waals surface area contributed by atoms with Crippen LogP contribution in [0.1, 0.15) is 5.56 Å². The number of nitrogens with one attached hydrogen (secondary N) is 2. The van der Waals surface area contributed by atoms with Crippen LogP contribution in [0.3, 0.4) is 0 Å². The van der Waals surface area contributed by atoms with Crippen LogP contribution in [0, 0.1) is 6.92 Å². The molecule has 0 spiro atoms. The van der Waals surface area contributed by atoms with E-state index in [0.717, 1.165) is 14.9 Å². The summed E-state index contributed by atoms with van der Waals surface area (Å²) in [4.78, 5) is 24.9. The smallest absolute Gasteiger partial charge is 0.314 e. The molecule has 0 fully saturated rings. The van der Waals surface area contributed by atoms with Crippen molar-refractivity contribution in [2.24, 2.45) is 0 Å². The van der Waals surface area contributed by atoms with E-state index in [1.165, 1.54) is 0 Å². The summed E-state index contributed by atoms with van der Waals surface area (Å²) in [7, 11) is 0. The first-order valence-electron chi connectivity index (χ1n) is 6.52. The number of anilines is 2. The van der Waals surface area contributed by atoms with Gasteiger partial charge in [0.05, 0.1) is 0 Å². The van der Waals surface area contributed by atoms with E-state index in [0.29, 0.717) is 11.4 Å². The molecule has 2 N–H and O–H groups in total. The number of carbonyl (C=O) groups excluding carboxylic acids is 2. The Hall–Kier alpha value is -1.79. The van der Waals surface area contributed by atoms with E-state index >= 15 is 0 Å². The van der Waals surface area contributed by atoms with Gasteiger partial charge in [0.1, 0.15) is 0 Å². The molecule has 4 nitrogen and oxygen atoms in total. The molecule has 0 aliphatic carbocycles. The zero-order valence-corrected chi connectivity index (χ0v) is 14.5. The Kier molecular flexibility index (Phi) is 5.63. The fraction of sp³-hybridized carbons (Fsp3) is 0.125. The number of benzene rings is 2. The first kappa shape index (κ1) is 16.6. The van der Waals surface area contributed by atoms with Crippen LogP contribution in [0.4, 0.5) is 11.4 Å². The number of halogens is 1. The fourth-order valence-corrected chi connectivity index (χ4v) is 2.77. The molecule has 0 heterocycles. The van der Waals surface area contributed by atoms with E-state index in [9.17, 15) is 9.59 Å². The normalized spacial score (nSPS) is 10.1. The lowest BCUT2D eigenvalue weighted by Gasteiger charge is -2.09. The largest absolute Gasteiger partial charge is 0.318 e. The number of aryl methyl sites for hydroxylation is 1. The molecule has 0 bridgehead atoms. The minimum atomic E-state index is -0.694. The summed E-state index contributed by atoms with van der Waals surface area (Å²) in [6.45, 7) is 1.86. The molecule has 0 unspecified atom stereocenters. The second-order valence-electron chi connectivity index (χ2n) is 4.60. The van der Waals surface area contributed by atoms with E-state index in [4.69, 9.17) is 0 Å². The van der Waals surface area contributed by atoms with Crippen LogP contribution in [-0.2, 0) is 9.59 Å². The van der Waals surface area contributed by atoms with Crippen molar-refractivity contribution in [3.05, 3.63) is 52.5 Å². The van der Waals surface area contributed by atoms with Gasteiger partial charge in [0, 0.05) is 20.7 Å². The zero-order chi connectivity index (χ0) is 16.1. The lowest BCUT2D eigenvalue weighted by molar-refractivity contribution is -0.133. The van der Waals surface area contributed by atoms with Crippen molar-refractivity contribution < 1.29 is 9.59 Å². The Labute approximate surface area is 141 Å². The summed E-state index contributed by atoms with van der Waals surface area (Å²) in [5.74, 6) is -1.39. The molecule has 0 atom stereocenters. The molecule has 114 valence electrons. The summed E-state index contributed by atoms with van der Waals surface area (Å²) in [6.07, 6.45) is 1.95. The van der Waals surface area contributed by atoms with E-state index in [1.54, 1.807) is 23.9 Å². The van der Waals surface area contributed by atoms with Crippen molar-refractivity contribution in [3.8, 4) is 0 Å². The maximum atomic E-state index is 12.0. The number of rotatable bonds is 3. The van der Waals surface area contributed by atoms with Gasteiger partial charge in [-0.3, -0.25) is 9.59 Å². The van der Waals surface area contributed by atoms with Gasteiger partial charge in [-0.15, -0.1) is 11.8 Å². The minimum absolute atomic E-state index is 0.597. The predicted molar refractivity (Wildman–Crippen MR) is 94.4 cm³/mol. The highest BCUT2D eigenvalue weighted by Gasteiger charge is 2.15. The van der Waals surface area contributed by atoms with Gasteiger partial charge < -0.3 is 10.6 Å². The molecule has 0 aliphatic heterocycles. The van der Waals surface area contributed by atoms with Crippen molar-refractivity contribution in [1.82, 2.24) is 0 Å². The first-order valence-corrected chi connectivity index (χ1v) is 8.54. The van der Waals surface area contributed by atoms with Crippen molar-refractivity contribution in [2.45, 2.75) is 11.8 Å². The Morgan fingerprint density at radius 1 is 1.05 bits per heavy atom. The molecule has 0 aromatic heterocycles. The van der Waals surface area contributed by atoms with Crippen LogP contribution < -0.4 is 10.6 Å². The first-order chi connectivity index (χ1) is 10.5. The van der Waals surface area contributed by atoms with Crippen molar-refractivity contribution >= 4 is 50.9 Å². The molecule has 0 aliphatic rings. The molecule has 2 aromatic carbocycles. The standard InChI is InChI=1S/C16H15BrN2O2S/c1-10-8-11(17)6-7-14(10)19-16(21)15(20)18-12-4-3-5-13(9-12)22-2/h3-9H,1-2H3,(H,18,20)(H,19,21). The van der Waals surface area contributed by atoms with Gasteiger partial charge in [0.25, 0.3) is 0 Å². The monoisotopic (exact) mass is 378 g/mol. The topological polar surface area (TPSA) is 58.2 Å². The SMILES string of the molecule is CSc1cccc(NC(=O)C(=O)Nc2ccc(Br)cc2C)c1. The van der Waals surface area contributed by atoms with Gasteiger partial charge in [-0.1, -0.05) is 22.0 Å². The van der Waals surface area contributed by atoms with Gasteiger partial charge in [0.15, 0.2) is 0 Å². The summed E-state index contributed by atoms with van der Waals surface area (Å²) in [6, 6.07) is 12.8. The van der Waals surface area contributed by atoms with E-state index in [2.05, 4.69) is 26.6 Å². The lowest BCUT2D eigenvalue weighted by atomic mass is 10.2. The zero-order valence-electron chi connectivity index (χ0n) is 12.1. The highest BCUT2D eigenvalue weighted by molar-refractivity contribution is 9.10. The van der Waals surface area contributed by atoms with Crippen molar-refractivity contribution in [3.63, 3.8) is 0 Å². The number of carbonyl (C=O) groups is 2. The number of amides is 2. The van der Waals surface area contributed by atoms with Crippen LogP contribution in [0.15, 0.2) is 51.8 Å². The van der Waals surface area contributed by atoms with Crippen molar-refractivity contribution in [1.29, 1.82) is 0 Å². The van der Waals surface area contributed by atoms with Gasteiger partial charge in [-0.05, 0) is 55.1 Å². The third-order valence-electron chi connectivity index (χ3n) is 2.97. The summed E-state index contributed by atoms with van der Waals surface area (Å²) in [5.41, 5.74) is 2.08. The third-order valence-corrected chi connectivity index (χ3v) is 4.19. The van der Waals surface area contributed by atoms with Crippen LogP contribution >= 0.6 is 27.7 Å². The molecular weight excluding hydrogens is 364 g/mol. The van der Waals surface area contributed by atoms with E-state index in [-0.39, 0.29) is 0 Å². The maximum Gasteiger partial charge on any atom is 0.314 e. The van der Waals surface area contributed by atoms with Crippen LogP contribution in [0.25, 0.3) is 0 Å². The molecule has 0 radical (unpaired) electrons. The molecule has 0 saturated carbocycles. The number of hydrogen-bond donors (Lipinski definition) is 2. The van der Waals surface area contributed by atoms with Gasteiger partial charge in [0.2, 0.25) is 0 Å². The quantitative estimate of drug-likeness (QED) is 0.625. The molecule has 0 saturated heterocycles. The summed E-state index contributed by atoms with van der Waals surface area (Å²) in [5, 5.41) is 5.20. The second kappa shape index (κ2) is 7.47. The lowest BCUT2D eigenvalue weighted by Crippen LogP contribution is -2.29. The van der Waals surface area contributed by atoms with Gasteiger partial charge in [-0.25, -0.2) is 0 Å². The van der Waals surface area contributed by atoms with Crippen molar-refractivity contribution in [2.75, 3.05) is 16.9 Å². The Morgan fingerprint density at radius 2 is 1.77 bits per heavy atom. The van der Waals surface area contributed by atoms with Crippen LogP contribution in [-0.4, -0.2) is 18.1 Å². The van der Waals surface area contributed by atoms with E-state index in [1.807, 2.05) is 43.5 Å². The molecule has 6 heteroatoms. The number of thioether (sulfide) groups is 1. The highest BCUT2D eigenvalue weighted by atomic mass is 79.9. The molecule has 22 heavy (non-hydrogen) atoms. The summed E-state index contributed by atoms with van der Waals surface area (Å²) >= 11 is 4.92. The second-order valence-corrected chi connectivity index (χ2v) is 6.39. The fourth-order valence-electron chi connectivity index (χ4n) is 1.84. The highest BCUT2D eigenvalue weighted by Crippen LogP contribution is 2.21. The Morgan fingerprint density at radius 3 is 2.45 bits per heavy atom. The molecule has 2 amide bonds. The Balaban J connectivity index is 2.04. The number of hydrogen-bond acceptors (Lipinski definition) is 3. The minimum Gasteiger partial charge on any atom is -0.318 e. The Bertz CT molecular complexity index is 719. The average Bonchev–Trinajstić information content (AvgIpc) is 2.50. The average molecular weight is 379 g/mol. The predicted octanol–water partition coefficient (Wildman–Crippen LogP) is 4.06. The van der Waals surface area contributed by atoms with Crippen LogP contribution in [0.5, 0.6) is 0 Å². The summed E-state index contributed by atoms with van der Waals surface area (Å²) < 4.78 is 0.918. The van der Waals surface area contributed by atoms with E-state index < -0.39 is 11.8 Å². The molecular formula is C16H15BrN2O2S. The van der Waals surface area contributed by atoms with Gasteiger partial charge >= 0.3 is 11.8 Å². The van der Waals surface area contributed by atoms with Gasteiger partial charge in [-0.2, -0.15) is 0 Å². The van der Waals surface area contributed by atoms with Crippen LogP contribution in [0.2, 0.25) is 0 Å².